The van der Waals surface area contributed by atoms with Crippen LogP contribution in [-0.4, -0.2) is 36.9 Å². The van der Waals surface area contributed by atoms with Crippen molar-refractivity contribution in [3.05, 3.63) is 41.8 Å². The lowest BCUT2D eigenvalue weighted by Crippen LogP contribution is -2.47. The third-order valence-corrected chi connectivity index (χ3v) is 7.94. The van der Waals surface area contributed by atoms with Gasteiger partial charge < -0.3 is 16.4 Å². The number of carbonyl (C=O) groups is 1. The first-order valence-corrected chi connectivity index (χ1v) is 11.9. The summed E-state index contributed by atoms with van der Waals surface area (Å²) in [5.74, 6) is -1.52. The molecule has 11 heteroatoms. The number of hydrogen-bond donors (Lipinski definition) is 4. The van der Waals surface area contributed by atoms with Crippen LogP contribution >= 0.6 is 0 Å². The number of amides is 1. The molecule has 2 fully saturated rings. The summed E-state index contributed by atoms with van der Waals surface area (Å²) in [6, 6.07) is 6.47. The zero-order valence-electron chi connectivity index (χ0n) is 16.6. The van der Waals surface area contributed by atoms with Gasteiger partial charge in [0, 0.05) is 18.3 Å². The molecule has 6 bridgehead atoms. The van der Waals surface area contributed by atoms with Crippen molar-refractivity contribution in [2.75, 3.05) is 17.2 Å². The van der Waals surface area contributed by atoms with Crippen LogP contribution in [0.25, 0.3) is 0 Å². The van der Waals surface area contributed by atoms with E-state index in [0.717, 1.165) is 12.6 Å². The molecule has 0 spiro atoms. The summed E-state index contributed by atoms with van der Waals surface area (Å²) < 4.78 is 42.6. The molecule has 5 rings (SSSR count). The number of carbonyl (C=O) groups excluding carboxylic acids is 1. The van der Waals surface area contributed by atoms with Crippen molar-refractivity contribution in [1.29, 1.82) is 0 Å². The summed E-state index contributed by atoms with van der Waals surface area (Å²) in [6.07, 6.45) is 2.50. The molecule has 0 saturated heterocycles. The van der Waals surface area contributed by atoms with Crippen molar-refractivity contribution in [3.8, 4) is 0 Å². The van der Waals surface area contributed by atoms with E-state index >= 15 is 0 Å². The Kier molecular flexibility index (Phi) is 4.82. The van der Waals surface area contributed by atoms with E-state index in [1.807, 2.05) is 0 Å². The summed E-state index contributed by atoms with van der Waals surface area (Å²) in [5.41, 5.74) is 6.85. The number of nitrogens with one attached hydrogen (secondary N) is 3. The Labute approximate surface area is 179 Å². The highest BCUT2D eigenvalue weighted by Crippen LogP contribution is 2.52. The number of nitrogens with zero attached hydrogens (tertiary/aromatic N) is 2. The molecule has 2 aromatic rings. The quantitative estimate of drug-likeness (QED) is 0.518. The van der Waals surface area contributed by atoms with E-state index in [1.54, 1.807) is 24.3 Å². The van der Waals surface area contributed by atoms with Crippen molar-refractivity contribution in [2.45, 2.75) is 24.6 Å². The molecule has 2 aliphatic carbocycles. The molecular weight excluding hydrogens is 423 g/mol. The van der Waals surface area contributed by atoms with E-state index < -0.39 is 33.7 Å². The van der Waals surface area contributed by atoms with E-state index in [-0.39, 0.29) is 41.8 Å². The summed E-state index contributed by atoms with van der Waals surface area (Å²) >= 11 is 0. The zero-order valence-corrected chi connectivity index (χ0v) is 17.4. The monoisotopic (exact) mass is 446 g/mol. The van der Waals surface area contributed by atoms with Gasteiger partial charge in [-0.05, 0) is 48.3 Å². The maximum absolute atomic E-state index is 14.5. The molecule has 5 atom stereocenters. The van der Waals surface area contributed by atoms with Crippen LogP contribution in [0, 0.1) is 29.5 Å². The topological polar surface area (TPSA) is 139 Å². The van der Waals surface area contributed by atoms with Gasteiger partial charge in [0.05, 0.1) is 17.9 Å². The smallest absolute Gasteiger partial charge is 0.229 e. The standard InChI is InChI=1S/C20H23FN6O3S/c21-15-8-23-20-25-13-3-1-2-10(4-13)9-31(29,30)24-7-12-5-11-6-14(12)17(16(11)18(22)28)26-19(15)27-20/h1-4,8,11-12,14,16-17,24H,5-7,9H2,(H2,22,28)(H2,23,25,26,27)/t11-,12-,14+,16-,17+/m0/s1. The minimum Gasteiger partial charge on any atom is -0.369 e. The second kappa shape index (κ2) is 7.41. The van der Waals surface area contributed by atoms with Crippen LogP contribution in [0.15, 0.2) is 30.5 Å². The molecule has 1 amide bonds. The molecule has 1 aromatic carbocycles. The summed E-state index contributed by atoms with van der Waals surface area (Å²) in [6.45, 7) is 0.266. The molecule has 164 valence electrons. The van der Waals surface area contributed by atoms with E-state index in [2.05, 4.69) is 25.3 Å². The number of halogens is 1. The maximum Gasteiger partial charge on any atom is 0.229 e. The van der Waals surface area contributed by atoms with Gasteiger partial charge in [0.2, 0.25) is 21.9 Å². The number of hydrogen-bond acceptors (Lipinski definition) is 7. The number of rotatable bonds is 1. The van der Waals surface area contributed by atoms with Crippen molar-refractivity contribution in [1.82, 2.24) is 14.7 Å². The Morgan fingerprint density at radius 3 is 2.87 bits per heavy atom. The molecule has 2 saturated carbocycles. The van der Waals surface area contributed by atoms with Crippen LogP contribution in [-0.2, 0) is 20.6 Å². The van der Waals surface area contributed by atoms with Crippen LogP contribution in [0.5, 0.6) is 0 Å². The fraction of sp³-hybridized carbons (Fsp3) is 0.450. The first-order chi connectivity index (χ1) is 14.8. The third kappa shape index (κ3) is 3.83. The van der Waals surface area contributed by atoms with Gasteiger partial charge in [-0.1, -0.05) is 12.1 Å². The van der Waals surface area contributed by atoms with Crippen molar-refractivity contribution in [3.63, 3.8) is 0 Å². The van der Waals surface area contributed by atoms with E-state index in [4.69, 9.17) is 5.73 Å². The Bertz CT molecular complexity index is 1140. The van der Waals surface area contributed by atoms with Gasteiger partial charge in [0.15, 0.2) is 11.6 Å². The zero-order chi connectivity index (χ0) is 21.8. The van der Waals surface area contributed by atoms with E-state index in [0.29, 0.717) is 17.7 Å². The van der Waals surface area contributed by atoms with Crippen molar-refractivity contribution in [2.24, 2.45) is 29.4 Å². The van der Waals surface area contributed by atoms with Gasteiger partial charge in [-0.15, -0.1) is 0 Å². The lowest BCUT2D eigenvalue weighted by Gasteiger charge is -2.35. The van der Waals surface area contributed by atoms with Gasteiger partial charge in [0.25, 0.3) is 0 Å². The van der Waals surface area contributed by atoms with Crippen LogP contribution in [0.4, 0.5) is 21.8 Å². The lowest BCUT2D eigenvalue weighted by molar-refractivity contribution is -0.123. The van der Waals surface area contributed by atoms with Crippen LogP contribution in [0.3, 0.4) is 0 Å². The van der Waals surface area contributed by atoms with Crippen LogP contribution < -0.4 is 21.1 Å². The van der Waals surface area contributed by atoms with Crippen LogP contribution in [0.2, 0.25) is 0 Å². The minimum atomic E-state index is -3.55. The normalized spacial score (nSPS) is 31.1. The Balaban J connectivity index is 1.56. The fourth-order valence-corrected chi connectivity index (χ4v) is 6.58. The number of aromatic nitrogens is 2. The Morgan fingerprint density at radius 1 is 1.23 bits per heavy atom. The SMILES string of the molecule is NC(=O)[C@H]1[C@H]2C[C@H]3CNS(=O)(=O)Cc4cccc(c4)Nc4ncc(F)c(n4)N[C@@H]1[C@@H]3C2. The number of benzene rings is 1. The minimum absolute atomic E-state index is 0.00772. The molecule has 0 radical (unpaired) electrons. The highest BCUT2D eigenvalue weighted by Gasteiger charge is 2.55. The van der Waals surface area contributed by atoms with Gasteiger partial charge in [-0.3, -0.25) is 4.79 Å². The molecule has 31 heavy (non-hydrogen) atoms. The second-order valence-corrected chi connectivity index (χ2v) is 10.4. The lowest BCUT2D eigenvalue weighted by atomic mass is 9.78. The third-order valence-electron chi connectivity index (χ3n) is 6.62. The molecule has 0 unspecified atom stereocenters. The first kappa shape index (κ1) is 20.1. The molecule has 1 aromatic heterocycles. The summed E-state index contributed by atoms with van der Waals surface area (Å²) in [7, 11) is -3.55. The highest BCUT2D eigenvalue weighted by molar-refractivity contribution is 7.88. The molecule has 1 aliphatic heterocycles. The van der Waals surface area contributed by atoms with Crippen molar-refractivity contribution < 1.29 is 17.6 Å². The van der Waals surface area contributed by atoms with Gasteiger partial charge in [-0.2, -0.15) is 4.98 Å². The predicted molar refractivity (Wildman–Crippen MR) is 112 cm³/mol. The molecule has 3 aliphatic rings. The van der Waals surface area contributed by atoms with E-state index in [9.17, 15) is 17.6 Å². The predicted octanol–water partition coefficient (Wildman–Crippen LogP) is 1.33. The number of sulfonamides is 1. The number of fused-ring (bicyclic) bond motifs is 5. The number of nitrogens with two attached hydrogens (primary N) is 1. The number of anilines is 3. The Hall–Kier alpha value is -2.79. The fourth-order valence-electron chi connectivity index (χ4n) is 5.39. The second-order valence-electron chi connectivity index (χ2n) is 8.58. The van der Waals surface area contributed by atoms with Gasteiger partial charge >= 0.3 is 0 Å². The molecular formula is C20H23FN6O3S. The van der Waals surface area contributed by atoms with Gasteiger partial charge in [-0.25, -0.2) is 22.5 Å². The largest absolute Gasteiger partial charge is 0.369 e. The maximum atomic E-state index is 14.5. The molecule has 5 N–H and O–H groups in total. The molecule has 2 heterocycles. The van der Waals surface area contributed by atoms with Gasteiger partial charge in [0.1, 0.15) is 0 Å². The van der Waals surface area contributed by atoms with Crippen molar-refractivity contribution >= 4 is 33.4 Å². The van der Waals surface area contributed by atoms with E-state index in [1.165, 1.54) is 0 Å². The average Bonchev–Trinajstić information content (AvgIpc) is 3.26. The Morgan fingerprint density at radius 2 is 2.06 bits per heavy atom. The summed E-state index contributed by atoms with van der Waals surface area (Å²) in [4.78, 5) is 20.4. The molecule has 9 nitrogen and oxygen atoms in total. The average molecular weight is 447 g/mol. The highest BCUT2D eigenvalue weighted by atomic mass is 32.2. The first-order valence-electron chi connectivity index (χ1n) is 10.2. The number of primary amides is 1. The summed E-state index contributed by atoms with van der Waals surface area (Å²) in [5, 5.41) is 6.08. The van der Waals surface area contributed by atoms with Crippen LogP contribution in [0.1, 0.15) is 18.4 Å².